The van der Waals surface area contributed by atoms with Gasteiger partial charge in [-0.25, -0.2) is 0 Å². The maximum absolute atomic E-state index is 11.2. The average molecular weight is 349 g/mol. The molecule has 2 N–H and O–H groups in total. The van der Waals surface area contributed by atoms with Gasteiger partial charge >= 0.3 is 0 Å². The summed E-state index contributed by atoms with van der Waals surface area (Å²) in [6.07, 6.45) is 5.23. The summed E-state index contributed by atoms with van der Waals surface area (Å²) >= 11 is 0. The highest BCUT2D eigenvalue weighted by Crippen LogP contribution is 2.38. The van der Waals surface area contributed by atoms with Gasteiger partial charge in [0.15, 0.2) is 0 Å². The molecule has 0 bridgehead atoms. The van der Waals surface area contributed by atoms with Crippen LogP contribution in [0.4, 0.5) is 0 Å². The van der Waals surface area contributed by atoms with E-state index in [9.17, 15) is 5.11 Å². The number of nitrogens with zero attached hydrogens (tertiary/aromatic N) is 2. The van der Waals surface area contributed by atoms with Crippen molar-refractivity contribution in [1.29, 1.82) is 0 Å². The minimum atomic E-state index is -0.886. The Morgan fingerprint density at radius 1 is 1.27 bits per heavy atom. The highest BCUT2D eigenvalue weighted by molar-refractivity contribution is 5.85. The predicted molar refractivity (Wildman–Crippen MR) is 105 cm³/mol. The van der Waals surface area contributed by atoms with Gasteiger partial charge in [0.05, 0.1) is 5.60 Å². The topological polar surface area (TPSA) is 52.2 Å². The second-order valence-electron chi connectivity index (χ2n) is 7.99. The smallest absolute Gasteiger partial charge is 0.0876 e. The number of aromatic nitrogens is 2. The maximum Gasteiger partial charge on any atom is 0.0876 e. The highest BCUT2D eigenvalue weighted by Gasteiger charge is 2.32. The molecule has 0 radical (unpaired) electrons. The normalized spacial score (nSPS) is 20.5. The van der Waals surface area contributed by atoms with E-state index in [2.05, 4.69) is 47.0 Å². The molecule has 2 atom stereocenters. The van der Waals surface area contributed by atoms with Crippen LogP contribution in [0.25, 0.3) is 10.9 Å². The molecule has 2 aromatic heterocycles. The molecule has 0 amide bonds. The van der Waals surface area contributed by atoms with E-state index < -0.39 is 5.60 Å². The Hall–Kier alpha value is -2.17. The van der Waals surface area contributed by atoms with Crippen LogP contribution in [0.5, 0.6) is 0 Å². The quantitative estimate of drug-likeness (QED) is 0.757. The van der Waals surface area contributed by atoms with Crippen molar-refractivity contribution in [1.82, 2.24) is 14.9 Å². The lowest BCUT2D eigenvalue weighted by Gasteiger charge is -2.30. The predicted octanol–water partition coefficient (Wildman–Crippen LogP) is 3.74. The largest absolute Gasteiger partial charge is 0.385 e. The Balaban J connectivity index is 1.75. The zero-order valence-electron chi connectivity index (χ0n) is 15.8. The summed E-state index contributed by atoms with van der Waals surface area (Å²) in [7, 11) is 2.17. The molecule has 0 saturated heterocycles. The van der Waals surface area contributed by atoms with Crippen LogP contribution in [0.2, 0.25) is 0 Å². The Labute approximate surface area is 154 Å². The molecular weight excluding hydrogens is 322 g/mol. The molecule has 4 nitrogen and oxygen atoms in total. The first-order valence-corrected chi connectivity index (χ1v) is 9.36. The summed E-state index contributed by atoms with van der Waals surface area (Å²) in [5.74, 6) is 0.258. The lowest BCUT2D eigenvalue weighted by molar-refractivity contribution is 0.0364. The summed E-state index contributed by atoms with van der Waals surface area (Å²) in [5, 5.41) is 12.5. The van der Waals surface area contributed by atoms with Crippen molar-refractivity contribution in [3.8, 4) is 0 Å². The molecule has 3 heterocycles. The van der Waals surface area contributed by atoms with Crippen LogP contribution in [0.15, 0.2) is 42.7 Å². The minimum Gasteiger partial charge on any atom is -0.385 e. The van der Waals surface area contributed by atoms with Gasteiger partial charge in [-0.05, 0) is 69.1 Å². The average Bonchev–Trinajstić information content (AvgIpc) is 2.90. The van der Waals surface area contributed by atoms with Gasteiger partial charge in [0.2, 0.25) is 0 Å². The molecule has 136 valence electrons. The van der Waals surface area contributed by atoms with Gasteiger partial charge in [-0.3, -0.25) is 4.98 Å². The summed E-state index contributed by atoms with van der Waals surface area (Å²) in [6.45, 7) is 6.05. The Kier molecular flexibility index (Phi) is 4.33. The molecule has 1 aliphatic rings. The number of aliphatic hydroxyl groups is 1. The molecule has 4 heteroatoms. The molecule has 0 aliphatic carbocycles. The van der Waals surface area contributed by atoms with Crippen LogP contribution in [0.3, 0.4) is 0 Å². The minimum absolute atomic E-state index is 0.258. The number of nitrogens with one attached hydrogen (secondary N) is 1. The number of benzene rings is 1. The first-order valence-electron chi connectivity index (χ1n) is 9.36. The van der Waals surface area contributed by atoms with E-state index in [1.165, 1.54) is 27.7 Å². The summed E-state index contributed by atoms with van der Waals surface area (Å²) in [4.78, 5) is 10.1. The zero-order valence-corrected chi connectivity index (χ0v) is 15.8. The highest BCUT2D eigenvalue weighted by atomic mass is 16.3. The number of aromatic amines is 1. The molecular formula is C22H27N3O. The van der Waals surface area contributed by atoms with Gasteiger partial charge in [0.25, 0.3) is 0 Å². The van der Waals surface area contributed by atoms with E-state index in [1.807, 2.05) is 19.1 Å². The van der Waals surface area contributed by atoms with Gasteiger partial charge in [0, 0.05) is 48.0 Å². The van der Waals surface area contributed by atoms with Crippen LogP contribution >= 0.6 is 0 Å². The first kappa shape index (κ1) is 17.3. The van der Waals surface area contributed by atoms with E-state index in [0.29, 0.717) is 6.42 Å². The summed E-state index contributed by atoms with van der Waals surface area (Å²) < 4.78 is 0. The zero-order chi connectivity index (χ0) is 18.3. The number of hydrogen-bond donors (Lipinski definition) is 2. The van der Waals surface area contributed by atoms with Crippen molar-refractivity contribution >= 4 is 10.9 Å². The molecule has 4 rings (SSSR count). The van der Waals surface area contributed by atoms with Crippen LogP contribution in [-0.2, 0) is 12.0 Å². The van der Waals surface area contributed by atoms with Gasteiger partial charge in [-0.2, -0.15) is 0 Å². The van der Waals surface area contributed by atoms with Crippen molar-refractivity contribution in [2.45, 2.75) is 38.2 Å². The number of likely N-dealkylation sites (N-methyl/N-ethyl adjacent to an activating group) is 1. The van der Waals surface area contributed by atoms with E-state index in [-0.39, 0.29) is 5.92 Å². The van der Waals surface area contributed by atoms with Gasteiger partial charge in [-0.1, -0.05) is 11.6 Å². The Morgan fingerprint density at radius 2 is 2.04 bits per heavy atom. The molecule has 26 heavy (non-hydrogen) atoms. The Morgan fingerprint density at radius 3 is 2.81 bits per heavy atom. The van der Waals surface area contributed by atoms with E-state index in [0.717, 1.165) is 25.1 Å². The molecule has 1 aromatic carbocycles. The molecule has 0 saturated carbocycles. The van der Waals surface area contributed by atoms with Crippen LogP contribution in [0, 0.1) is 6.92 Å². The fourth-order valence-corrected chi connectivity index (χ4v) is 4.34. The monoisotopic (exact) mass is 349 g/mol. The summed E-state index contributed by atoms with van der Waals surface area (Å²) in [6, 6.07) is 10.5. The van der Waals surface area contributed by atoms with Crippen molar-refractivity contribution < 1.29 is 5.11 Å². The fourth-order valence-electron chi connectivity index (χ4n) is 4.34. The lowest BCUT2D eigenvalue weighted by atomic mass is 9.84. The molecule has 1 aliphatic heterocycles. The van der Waals surface area contributed by atoms with E-state index in [4.69, 9.17) is 0 Å². The van der Waals surface area contributed by atoms with E-state index >= 15 is 0 Å². The van der Waals surface area contributed by atoms with Gasteiger partial charge < -0.3 is 15.0 Å². The van der Waals surface area contributed by atoms with E-state index in [1.54, 1.807) is 12.4 Å². The SMILES string of the molecule is Cc1ccc2[nH]c3c(c2c1)CCN(C)CC3CC(C)(O)c1ccncc1. The number of aryl methyl sites for hydroxylation is 1. The van der Waals surface area contributed by atoms with Gasteiger partial charge in [0.1, 0.15) is 0 Å². The van der Waals surface area contributed by atoms with Crippen molar-refractivity contribution in [2.24, 2.45) is 0 Å². The van der Waals surface area contributed by atoms with Crippen molar-refractivity contribution in [3.63, 3.8) is 0 Å². The molecule has 2 unspecified atom stereocenters. The number of rotatable bonds is 3. The summed E-state index contributed by atoms with van der Waals surface area (Å²) in [5.41, 5.74) is 5.25. The second kappa shape index (κ2) is 6.53. The first-order chi connectivity index (χ1) is 12.4. The molecule has 0 fully saturated rings. The number of H-pyrrole nitrogens is 1. The maximum atomic E-state index is 11.2. The number of pyridine rings is 1. The van der Waals surface area contributed by atoms with Crippen LogP contribution in [-0.4, -0.2) is 40.1 Å². The van der Waals surface area contributed by atoms with Gasteiger partial charge in [-0.15, -0.1) is 0 Å². The third-order valence-electron chi connectivity index (χ3n) is 5.72. The third kappa shape index (κ3) is 3.15. The fraction of sp³-hybridized carbons (Fsp3) is 0.409. The van der Waals surface area contributed by atoms with Crippen LogP contribution < -0.4 is 0 Å². The second-order valence-corrected chi connectivity index (χ2v) is 7.99. The van der Waals surface area contributed by atoms with Crippen molar-refractivity contribution in [3.05, 3.63) is 65.1 Å². The number of fused-ring (bicyclic) bond motifs is 3. The third-order valence-corrected chi connectivity index (χ3v) is 5.72. The number of hydrogen-bond acceptors (Lipinski definition) is 3. The molecule has 3 aromatic rings. The lowest BCUT2D eigenvalue weighted by Crippen LogP contribution is -2.30. The standard InChI is InChI=1S/C22H27N3O/c1-15-4-5-20-19(12-15)18-8-11-25(3)14-16(21(18)24-20)13-22(2,26)17-6-9-23-10-7-17/h4-7,9-10,12,16,24,26H,8,11,13-14H2,1-3H3. The molecule has 0 spiro atoms. The van der Waals surface area contributed by atoms with Crippen LogP contribution in [0.1, 0.15) is 41.6 Å². The Bertz CT molecular complexity index is 914. The van der Waals surface area contributed by atoms with Crippen molar-refractivity contribution in [2.75, 3.05) is 20.1 Å².